The summed E-state index contributed by atoms with van der Waals surface area (Å²) in [6.45, 7) is 0. The number of benzene rings is 1. The molecule has 2 rings (SSSR count). The van der Waals surface area contributed by atoms with Crippen LogP contribution in [0, 0.1) is 11.6 Å². The maximum atomic E-state index is 13.5. The number of rotatable bonds is 2. The van der Waals surface area contributed by atoms with E-state index >= 15 is 0 Å². The Balaban J connectivity index is 2.43. The number of halogens is 4. The van der Waals surface area contributed by atoms with Gasteiger partial charge >= 0.3 is 0 Å². The van der Waals surface area contributed by atoms with E-state index in [1.807, 2.05) is 0 Å². The predicted molar refractivity (Wildman–Crippen MR) is 66.7 cm³/mol. The van der Waals surface area contributed by atoms with Crippen LogP contribution in [0.1, 0.15) is 17.2 Å². The lowest BCUT2D eigenvalue weighted by molar-refractivity contribution is 0.566. The summed E-state index contributed by atoms with van der Waals surface area (Å²) in [5, 5.41) is 0. The van der Waals surface area contributed by atoms with Crippen molar-refractivity contribution in [3.05, 3.63) is 55.7 Å². The van der Waals surface area contributed by atoms with Crippen LogP contribution in [0.2, 0.25) is 8.67 Å². The van der Waals surface area contributed by atoms with E-state index in [1.165, 1.54) is 6.07 Å². The van der Waals surface area contributed by atoms with E-state index in [-0.39, 0.29) is 5.56 Å². The first-order chi connectivity index (χ1) is 7.99. The second-order valence-corrected chi connectivity index (χ2v) is 5.71. The predicted octanol–water partition coefficient (Wildman–Crippen LogP) is 4.38. The number of hydrogen-bond donors (Lipinski definition) is 1. The van der Waals surface area contributed by atoms with Crippen LogP contribution < -0.4 is 5.73 Å². The van der Waals surface area contributed by atoms with Crippen LogP contribution in [0.25, 0.3) is 0 Å². The van der Waals surface area contributed by atoms with Crippen molar-refractivity contribution in [1.82, 2.24) is 0 Å². The minimum absolute atomic E-state index is 0.183. The molecule has 1 heterocycles. The van der Waals surface area contributed by atoms with Crippen LogP contribution in [0.3, 0.4) is 0 Å². The Morgan fingerprint density at radius 2 is 1.82 bits per heavy atom. The van der Waals surface area contributed by atoms with Crippen molar-refractivity contribution in [2.24, 2.45) is 5.73 Å². The van der Waals surface area contributed by atoms with E-state index in [4.69, 9.17) is 28.9 Å². The Morgan fingerprint density at radius 1 is 1.12 bits per heavy atom. The number of hydrogen-bond acceptors (Lipinski definition) is 2. The summed E-state index contributed by atoms with van der Waals surface area (Å²) >= 11 is 12.9. The molecule has 0 aliphatic rings. The van der Waals surface area contributed by atoms with Gasteiger partial charge in [-0.05, 0) is 12.1 Å². The Morgan fingerprint density at radius 3 is 2.35 bits per heavy atom. The van der Waals surface area contributed by atoms with Crippen LogP contribution in [0.15, 0.2) is 24.3 Å². The van der Waals surface area contributed by atoms with E-state index in [2.05, 4.69) is 0 Å². The first-order valence-electron chi connectivity index (χ1n) is 4.64. The molecule has 0 saturated carbocycles. The highest BCUT2D eigenvalue weighted by molar-refractivity contribution is 7.20. The Kier molecular flexibility index (Phi) is 3.68. The fourth-order valence-electron chi connectivity index (χ4n) is 1.49. The van der Waals surface area contributed by atoms with Crippen LogP contribution >= 0.6 is 34.5 Å². The topological polar surface area (TPSA) is 26.0 Å². The second-order valence-electron chi connectivity index (χ2n) is 3.42. The molecule has 0 fully saturated rings. The highest BCUT2D eigenvalue weighted by Crippen LogP contribution is 2.36. The van der Waals surface area contributed by atoms with Gasteiger partial charge in [0.1, 0.15) is 11.6 Å². The summed E-state index contributed by atoms with van der Waals surface area (Å²) in [6.07, 6.45) is 0. The smallest absolute Gasteiger partial charge is 0.131 e. The number of nitrogens with two attached hydrogens (primary N) is 1. The molecule has 90 valence electrons. The van der Waals surface area contributed by atoms with E-state index in [0.29, 0.717) is 14.2 Å². The van der Waals surface area contributed by atoms with Crippen molar-refractivity contribution in [2.45, 2.75) is 6.04 Å². The minimum atomic E-state index is -0.758. The van der Waals surface area contributed by atoms with E-state index in [1.54, 1.807) is 6.07 Å². The van der Waals surface area contributed by atoms with Crippen molar-refractivity contribution in [1.29, 1.82) is 0 Å². The molecule has 1 nitrogen and oxygen atoms in total. The van der Waals surface area contributed by atoms with Crippen LogP contribution in [-0.2, 0) is 0 Å². The molecular weight excluding hydrogens is 287 g/mol. The van der Waals surface area contributed by atoms with Gasteiger partial charge in [-0.15, -0.1) is 11.3 Å². The third-order valence-electron chi connectivity index (χ3n) is 2.32. The van der Waals surface area contributed by atoms with Gasteiger partial charge in [0.05, 0.1) is 14.7 Å². The molecule has 0 bridgehead atoms. The first-order valence-corrected chi connectivity index (χ1v) is 6.21. The highest BCUT2D eigenvalue weighted by Gasteiger charge is 2.19. The maximum Gasteiger partial charge on any atom is 0.131 e. The fraction of sp³-hybridized carbons (Fsp3) is 0.0909. The molecule has 0 radical (unpaired) electrons. The zero-order valence-corrected chi connectivity index (χ0v) is 10.7. The molecule has 6 heteroatoms. The molecule has 2 N–H and O–H groups in total. The number of thiophene rings is 1. The summed E-state index contributed by atoms with van der Waals surface area (Å²) in [7, 11) is 0. The normalized spacial score (nSPS) is 12.8. The minimum Gasteiger partial charge on any atom is -0.320 e. The van der Waals surface area contributed by atoms with E-state index < -0.39 is 17.7 Å². The molecule has 0 spiro atoms. The third kappa shape index (κ3) is 2.60. The Labute approximate surface area is 111 Å². The monoisotopic (exact) mass is 293 g/mol. The Bertz CT molecular complexity index is 556. The zero-order chi connectivity index (χ0) is 12.6. The molecule has 0 saturated heterocycles. The molecule has 1 unspecified atom stereocenters. The van der Waals surface area contributed by atoms with Crippen molar-refractivity contribution >= 4 is 34.5 Å². The van der Waals surface area contributed by atoms with E-state index in [9.17, 15) is 8.78 Å². The average Bonchev–Trinajstić information content (AvgIpc) is 2.57. The quantitative estimate of drug-likeness (QED) is 0.874. The summed E-state index contributed by atoms with van der Waals surface area (Å²) < 4.78 is 27.2. The van der Waals surface area contributed by atoms with Gasteiger partial charge in [-0.3, -0.25) is 0 Å². The van der Waals surface area contributed by atoms with Crippen LogP contribution in [0.4, 0.5) is 8.78 Å². The van der Waals surface area contributed by atoms with Gasteiger partial charge in [0.2, 0.25) is 0 Å². The largest absolute Gasteiger partial charge is 0.320 e. The molecule has 0 amide bonds. The molecule has 1 atom stereocenters. The molecule has 0 aliphatic heterocycles. The van der Waals surface area contributed by atoms with E-state index in [0.717, 1.165) is 23.5 Å². The molecule has 17 heavy (non-hydrogen) atoms. The summed E-state index contributed by atoms with van der Waals surface area (Å²) in [4.78, 5) is 0. The molecule has 1 aromatic carbocycles. The molecular formula is C11H7Cl2F2NS. The van der Waals surface area contributed by atoms with Gasteiger partial charge in [-0.1, -0.05) is 29.3 Å². The van der Waals surface area contributed by atoms with Gasteiger partial charge in [0.25, 0.3) is 0 Å². The SMILES string of the molecule is NC(c1ccc(F)cc1F)c1cc(Cl)sc1Cl. The lowest BCUT2D eigenvalue weighted by Crippen LogP contribution is -2.13. The third-order valence-corrected chi connectivity index (χ3v) is 3.83. The molecule has 1 aromatic heterocycles. The van der Waals surface area contributed by atoms with Crippen LogP contribution in [0.5, 0.6) is 0 Å². The highest BCUT2D eigenvalue weighted by atomic mass is 35.5. The van der Waals surface area contributed by atoms with Crippen molar-refractivity contribution in [2.75, 3.05) is 0 Å². The van der Waals surface area contributed by atoms with Gasteiger partial charge in [0, 0.05) is 17.2 Å². The van der Waals surface area contributed by atoms with Crippen molar-refractivity contribution in [3.8, 4) is 0 Å². The summed E-state index contributed by atoms with van der Waals surface area (Å²) in [5.41, 5.74) is 6.60. The fourth-order valence-corrected chi connectivity index (χ4v) is 3.04. The van der Waals surface area contributed by atoms with Crippen LogP contribution in [-0.4, -0.2) is 0 Å². The molecule has 2 aromatic rings. The Hall–Kier alpha value is -0.680. The average molecular weight is 294 g/mol. The summed E-state index contributed by atoms with van der Waals surface area (Å²) in [6, 6.07) is 4.07. The zero-order valence-electron chi connectivity index (χ0n) is 8.38. The first kappa shape index (κ1) is 12.8. The summed E-state index contributed by atoms with van der Waals surface area (Å²) in [5.74, 6) is -1.34. The molecule has 0 aliphatic carbocycles. The van der Waals surface area contributed by atoms with Gasteiger partial charge in [-0.2, -0.15) is 0 Å². The van der Waals surface area contributed by atoms with Crippen molar-refractivity contribution in [3.63, 3.8) is 0 Å². The standard InChI is InChI=1S/C11H7Cl2F2NS/c12-9-4-7(11(13)17-9)10(16)6-2-1-5(14)3-8(6)15/h1-4,10H,16H2. The maximum absolute atomic E-state index is 13.5. The lowest BCUT2D eigenvalue weighted by Gasteiger charge is -2.12. The van der Waals surface area contributed by atoms with Crippen molar-refractivity contribution < 1.29 is 8.78 Å². The van der Waals surface area contributed by atoms with Gasteiger partial charge < -0.3 is 5.73 Å². The van der Waals surface area contributed by atoms with Gasteiger partial charge in [0.15, 0.2) is 0 Å². The second kappa shape index (κ2) is 4.90. The van der Waals surface area contributed by atoms with Gasteiger partial charge in [-0.25, -0.2) is 8.78 Å². The lowest BCUT2D eigenvalue weighted by atomic mass is 10.0.